The Balaban J connectivity index is 1.96. The predicted molar refractivity (Wildman–Crippen MR) is 77.9 cm³/mol. The standard InChI is InChI=1S/C15H21N3O3/c1-2-9-18-10-7-11(5-6-13(18)20)17-15(21)14-12(19)4-3-8-16-14/h3-4,8,11,19H,2,5-7,9-10H2,1H3,(H,17,21). The van der Waals surface area contributed by atoms with E-state index in [4.69, 9.17) is 0 Å². The highest BCUT2D eigenvalue weighted by atomic mass is 16.3. The number of carbonyl (C=O) groups is 2. The Kier molecular flexibility index (Phi) is 5.14. The summed E-state index contributed by atoms with van der Waals surface area (Å²) in [5.41, 5.74) is 0.0264. The molecule has 2 N–H and O–H groups in total. The smallest absolute Gasteiger partial charge is 0.273 e. The van der Waals surface area contributed by atoms with Crippen LogP contribution in [0.5, 0.6) is 5.75 Å². The first-order valence-corrected chi connectivity index (χ1v) is 7.34. The highest BCUT2D eigenvalue weighted by molar-refractivity contribution is 5.95. The number of nitrogens with zero attached hydrogens (tertiary/aromatic N) is 2. The van der Waals surface area contributed by atoms with E-state index >= 15 is 0 Å². The molecule has 1 aromatic heterocycles. The van der Waals surface area contributed by atoms with Gasteiger partial charge in [0.05, 0.1) is 0 Å². The first-order valence-electron chi connectivity index (χ1n) is 7.34. The normalized spacial score (nSPS) is 19.2. The quantitative estimate of drug-likeness (QED) is 0.876. The monoisotopic (exact) mass is 291 g/mol. The molecule has 0 spiro atoms. The van der Waals surface area contributed by atoms with Crippen LogP contribution in [-0.2, 0) is 4.79 Å². The second kappa shape index (κ2) is 7.06. The SMILES string of the molecule is CCCN1CCC(NC(=O)c2ncccc2O)CCC1=O. The Bertz CT molecular complexity index is 519. The van der Waals surface area contributed by atoms with Crippen LogP contribution in [0, 0.1) is 0 Å². The van der Waals surface area contributed by atoms with Gasteiger partial charge in [-0.1, -0.05) is 6.92 Å². The molecule has 1 fully saturated rings. The third kappa shape index (κ3) is 3.93. The average molecular weight is 291 g/mol. The molecule has 6 nitrogen and oxygen atoms in total. The summed E-state index contributed by atoms with van der Waals surface area (Å²) in [7, 11) is 0. The Morgan fingerprint density at radius 3 is 3.05 bits per heavy atom. The second-order valence-electron chi connectivity index (χ2n) is 5.25. The minimum absolute atomic E-state index is 0.0264. The van der Waals surface area contributed by atoms with Crippen LogP contribution in [0.1, 0.15) is 43.1 Å². The molecule has 1 unspecified atom stereocenters. The van der Waals surface area contributed by atoms with Gasteiger partial charge < -0.3 is 15.3 Å². The van der Waals surface area contributed by atoms with Crippen LogP contribution in [-0.4, -0.2) is 45.9 Å². The van der Waals surface area contributed by atoms with Crippen LogP contribution in [0.2, 0.25) is 0 Å². The first kappa shape index (κ1) is 15.3. The molecule has 0 saturated carbocycles. The van der Waals surface area contributed by atoms with Gasteiger partial charge in [0, 0.05) is 31.7 Å². The Hall–Kier alpha value is -2.11. The maximum atomic E-state index is 12.1. The molecule has 1 atom stereocenters. The molecule has 2 amide bonds. The topological polar surface area (TPSA) is 82.5 Å². The highest BCUT2D eigenvalue weighted by Crippen LogP contribution is 2.16. The molecule has 21 heavy (non-hydrogen) atoms. The minimum atomic E-state index is -0.394. The molecular weight excluding hydrogens is 270 g/mol. The molecular formula is C15H21N3O3. The zero-order chi connectivity index (χ0) is 15.2. The van der Waals surface area contributed by atoms with E-state index in [1.807, 2.05) is 11.8 Å². The van der Waals surface area contributed by atoms with Gasteiger partial charge in [-0.05, 0) is 31.4 Å². The summed E-state index contributed by atoms with van der Waals surface area (Å²) in [5.74, 6) is -0.379. The van der Waals surface area contributed by atoms with Crippen LogP contribution in [0.4, 0.5) is 0 Å². The lowest BCUT2D eigenvalue weighted by atomic mass is 10.1. The van der Waals surface area contributed by atoms with Crippen molar-refractivity contribution in [3.63, 3.8) is 0 Å². The fraction of sp³-hybridized carbons (Fsp3) is 0.533. The molecule has 0 aromatic carbocycles. The van der Waals surface area contributed by atoms with Crippen LogP contribution in [0.3, 0.4) is 0 Å². The number of rotatable bonds is 4. The van der Waals surface area contributed by atoms with E-state index in [1.165, 1.54) is 12.3 Å². The summed E-state index contributed by atoms with van der Waals surface area (Å²) in [6, 6.07) is 2.94. The number of aromatic hydroxyl groups is 1. The number of carbonyl (C=O) groups excluding carboxylic acids is 2. The molecule has 2 heterocycles. The van der Waals surface area contributed by atoms with Crippen molar-refractivity contribution in [2.24, 2.45) is 0 Å². The van der Waals surface area contributed by atoms with E-state index in [9.17, 15) is 14.7 Å². The maximum Gasteiger partial charge on any atom is 0.273 e. The van der Waals surface area contributed by atoms with Gasteiger partial charge >= 0.3 is 0 Å². The molecule has 0 aliphatic carbocycles. The lowest BCUT2D eigenvalue weighted by Gasteiger charge is -2.20. The molecule has 1 aliphatic rings. The van der Waals surface area contributed by atoms with E-state index in [2.05, 4.69) is 10.3 Å². The van der Waals surface area contributed by atoms with Crippen molar-refractivity contribution in [3.05, 3.63) is 24.0 Å². The van der Waals surface area contributed by atoms with Crippen molar-refractivity contribution in [1.29, 1.82) is 0 Å². The molecule has 1 saturated heterocycles. The average Bonchev–Trinajstić information content (AvgIpc) is 2.64. The lowest BCUT2D eigenvalue weighted by Crippen LogP contribution is -2.36. The lowest BCUT2D eigenvalue weighted by molar-refractivity contribution is -0.130. The van der Waals surface area contributed by atoms with Gasteiger partial charge in [-0.15, -0.1) is 0 Å². The van der Waals surface area contributed by atoms with Crippen molar-refractivity contribution in [2.75, 3.05) is 13.1 Å². The molecule has 6 heteroatoms. The molecule has 0 radical (unpaired) electrons. The molecule has 1 aromatic rings. The molecule has 114 valence electrons. The predicted octanol–water partition coefficient (Wildman–Crippen LogP) is 1.31. The Morgan fingerprint density at radius 2 is 2.33 bits per heavy atom. The van der Waals surface area contributed by atoms with Gasteiger partial charge in [-0.2, -0.15) is 0 Å². The largest absolute Gasteiger partial charge is 0.505 e. The number of nitrogens with one attached hydrogen (secondary N) is 1. The summed E-state index contributed by atoms with van der Waals surface area (Å²) < 4.78 is 0. The van der Waals surface area contributed by atoms with Crippen LogP contribution >= 0.6 is 0 Å². The zero-order valence-corrected chi connectivity index (χ0v) is 12.2. The van der Waals surface area contributed by atoms with Crippen molar-refractivity contribution in [3.8, 4) is 5.75 Å². The minimum Gasteiger partial charge on any atom is -0.505 e. The Morgan fingerprint density at radius 1 is 1.52 bits per heavy atom. The van der Waals surface area contributed by atoms with Crippen molar-refractivity contribution < 1.29 is 14.7 Å². The van der Waals surface area contributed by atoms with Crippen LogP contribution in [0.25, 0.3) is 0 Å². The summed E-state index contributed by atoms with van der Waals surface area (Å²) in [5, 5.41) is 12.5. The van der Waals surface area contributed by atoms with E-state index in [1.54, 1.807) is 6.07 Å². The molecule has 1 aliphatic heterocycles. The van der Waals surface area contributed by atoms with Gasteiger partial charge in [0.15, 0.2) is 5.69 Å². The van der Waals surface area contributed by atoms with E-state index in [-0.39, 0.29) is 23.4 Å². The fourth-order valence-electron chi connectivity index (χ4n) is 2.51. The van der Waals surface area contributed by atoms with E-state index in [0.717, 1.165) is 19.4 Å². The molecule has 0 bridgehead atoms. The number of hydrogen-bond acceptors (Lipinski definition) is 4. The number of pyridine rings is 1. The second-order valence-corrected chi connectivity index (χ2v) is 5.25. The summed E-state index contributed by atoms with van der Waals surface area (Å²) >= 11 is 0. The van der Waals surface area contributed by atoms with E-state index in [0.29, 0.717) is 19.4 Å². The van der Waals surface area contributed by atoms with Crippen LogP contribution < -0.4 is 5.32 Å². The first-order chi connectivity index (χ1) is 10.1. The summed E-state index contributed by atoms with van der Waals surface area (Å²) in [4.78, 5) is 29.8. The zero-order valence-electron chi connectivity index (χ0n) is 12.2. The highest BCUT2D eigenvalue weighted by Gasteiger charge is 2.24. The van der Waals surface area contributed by atoms with E-state index < -0.39 is 5.91 Å². The fourth-order valence-corrected chi connectivity index (χ4v) is 2.51. The van der Waals surface area contributed by atoms with Gasteiger partial charge in [0.2, 0.25) is 5.91 Å². The van der Waals surface area contributed by atoms with Crippen molar-refractivity contribution in [2.45, 2.75) is 38.6 Å². The Labute approximate surface area is 124 Å². The van der Waals surface area contributed by atoms with Crippen molar-refractivity contribution >= 4 is 11.8 Å². The van der Waals surface area contributed by atoms with Gasteiger partial charge in [0.25, 0.3) is 5.91 Å². The summed E-state index contributed by atoms with van der Waals surface area (Å²) in [6.45, 7) is 3.47. The number of aromatic nitrogens is 1. The van der Waals surface area contributed by atoms with Gasteiger partial charge in [-0.3, -0.25) is 9.59 Å². The van der Waals surface area contributed by atoms with Gasteiger partial charge in [0.1, 0.15) is 5.75 Å². The number of likely N-dealkylation sites (tertiary alicyclic amines) is 1. The third-order valence-electron chi connectivity index (χ3n) is 3.64. The number of hydrogen-bond donors (Lipinski definition) is 2. The van der Waals surface area contributed by atoms with Crippen LogP contribution in [0.15, 0.2) is 18.3 Å². The summed E-state index contributed by atoms with van der Waals surface area (Å²) in [6.07, 6.45) is 4.20. The maximum absolute atomic E-state index is 12.1. The van der Waals surface area contributed by atoms with Gasteiger partial charge in [-0.25, -0.2) is 4.98 Å². The molecule has 2 rings (SSSR count). The number of amides is 2. The third-order valence-corrected chi connectivity index (χ3v) is 3.64. The van der Waals surface area contributed by atoms with Crippen molar-refractivity contribution in [1.82, 2.24) is 15.2 Å².